The zero-order valence-electron chi connectivity index (χ0n) is 10.5. The predicted octanol–water partition coefficient (Wildman–Crippen LogP) is 2.99. The highest BCUT2D eigenvalue weighted by atomic mass is 16.5. The van der Waals surface area contributed by atoms with Gasteiger partial charge in [-0.2, -0.15) is 0 Å². The molecule has 1 aromatic carbocycles. The molecule has 0 fully saturated rings. The summed E-state index contributed by atoms with van der Waals surface area (Å²) in [5.74, 6) is -0.194. The van der Waals surface area contributed by atoms with Crippen molar-refractivity contribution in [1.82, 2.24) is 10.1 Å². The van der Waals surface area contributed by atoms with Crippen LogP contribution in [-0.4, -0.2) is 16.0 Å². The lowest BCUT2D eigenvalue weighted by Crippen LogP contribution is -2.10. The largest absolute Gasteiger partial charge is 0.350 e. The number of nitrogens with zero attached hydrogens (tertiary/aromatic N) is 2. The Kier molecular flexibility index (Phi) is 3.24. The van der Waals surface area contributed by atoms with Crippen LogP contribution in [0.5, 0.6) is 0 Å². The molecule has 0 aliphatic heterocycles. The van der Waals surface area contributed by atoms with Crippen molar-refractivity contribution in [2.24, 2.45) is 0 Å². The van der Waals surface area contributed by atoms with Crippen LogP contribution in [-0.2, 0) is 0 Å². The lowest BCUT2D eigenvalue weighted by molar-refractivity contribution is 0.0988. The molecular weight excluding hydrogens is 254 g/mol. The molecular formula is C15H11N3O2. The molecule has 0 radical (unpaired) electrons. The summed E-state index contributed by atoms with van der Waals surface area (Å²) in [7, 11) is 0. The fourth-order valence-corrected chi connectivity index (χ4v) is 1.76. The molecule has 0 unspecified atom stereocenters. The van der Waals surface area contributed by atoms with Gasteiger partial charge in [0.05, 0.1) is 11.9 Å². The summed E-state index contributed by atoms with van der Waals surface area (Å²) < 4.78 is 5.07. The molecule has 0 atom stereocenters. The maximum absolute atomic E-state index is 12.0. The molecule has 0 spiro atoms. The average Bonchev–Trinajstić information content (AvgIpc) is 2.99. The fraction of sp³-hybridized carbons (Fsp3) is 0. The van der Waals surface area contributed by atoms with Crippen LogP contribution in [0.3, 0.4) is 0 Å². The molecule has 5 heteroatoms. The molecule has 98 valence electrons. The monoisotopic (exact) mass is 265 g/mol. The number of carbonyl (C=O) groups is 1. The van der Waals surface area contributed by atoms with E-state index in [1.165, 1.54) is 0 Å². The van der Waals surface area contributed by atoms with Crippen molar-refractivity contribution < 1.29 is 9.32 Å². The third-order valence-corrected chi connectivity index (χ3v) is 2.72. The van der Waals surface area contributed by atoms with Crippen LogP contribution in [0.15, 0.2) is 65.4 Å². The van der Waals surface area contributed by atoms with E-state index in [1.807, 2.05) is 30.3 Å². The Labute approximate surface area is 115 Å². The van der Waals surface area contributed by atoms with E-state index in [1.54, 1.807) is 30.6 Å². The van der Waals surface area contributed by atoms with Crippen LogP contribution >= 0.6 is 0 Å². The Morgan fingerprint density at radius 2 is 1.95 bits per heavy atom. The number of amides is 1. The Balaban J connectivity index is 1.79. The Morgan fingerprint density at radius 1 is 1.10 bits per heavy atom. The summed E-state index contributed by atoms with van der Waals surface area (Å²) >= 11 is 0. The van der Waals surface area contributed by atoms with Gasteiger partial charge in [0.2, 0.25) is 5.76 Å². The van der Waals surface area contributed by atoms with Crippen LogP contribution < -0.4 is 5.32 Å². The van der Waals surface area contributed by atoms with Gasteiger partial charge in [0.25, 0.3) is 5.91 Å². The number of pyridine rings is 1. The van der Waals surface area contributed by atoms with E-state index < -0.39 is 0 Å². The zero-order chi connectivity index (χ0) is 13.8. The molecule has 0 aliphatic rings. The predicted molar refractivity (Wildman–Crippen MR) is 74.1 cm³/mol. The highest BCUT2D eigenvalue weighted by Crippen LogP contribution is 2.19. The molecule has 5 nitrogen and oxygen atoms in total. The van der Waals surface area contributed by atoms with Crippen molar-refractivity contribution in [2.75, 3.05) is 5.32 Å². The van der Waals surface area contributed by atoms with Gasteiger partial charge < -0.3 is 9.84 Å². The molecule has 2 aromatic heterocycles. The minimum absolute atomic E-state index is 0.160. The molecule has 0 bridgehead atoms. The number of rotatable bonds is 3. The van der Waals surface area contributed by atoms with Crippen LogP contribution in [0, 0.1) is 0 Å². The topological polar surface area (TPSA) is 68.0 Å². The molecule has 2 heterocycles. The molecule has 3 rings (SSSR count). The lowest BCUT2D eigenvalue weighted by atomic mass is 10.1. The van der Waals surface area contributed by atoms with E-state index in [-0.39, 0.29) is 11.7 Å². The summed E-state index contributed by atoms with van der Waals surface area (Å²) in [5.41, 5.74) is 2.13. The second-order valence-corrected chi connectivity index (χ2v) is 4.14. The van der Waals surface area contributed by atoms with Gasteiger partial charge in [-0.15, -0.1) is 0 Å². The van der Waals surface area contributed by atoms with E-state index in [9.17, 15) is 4.79 Å². The third-order valence-electron chi connectivity index (χ3n) is 2.72. The van der Waals surface area contributed by atoms with Crippen molar-refractivity contribution >= 4 is 11.6 Å². The van der Waals surface area contributed by atoms with E-state index in [0.717, 1.165) is 5.56 Å². The molecule has 0 aliphatic carbocycles. The number of hydrogen-bond acceptors (Lipinski definition) is 4. The molecule has 1 amide bonds. The second-order valence-electron chi connectivity index (χ2n) is 4.14. The number of carbonyl (C=O) groups excluding carboxylic acids is 1. The standard InChI is InChI=1S/C15H11N3O2/c19-15(17-12-7-4-8-16-10-12)14-9-13(18-20-14)11-5-2-1-3-6-11/h1-10H,(H,17,19). The zero-order valence-corrected chi connectivity index (χ0v) is 10.5. The van der Waals surface area contributed by atoms with Crippen molar-refractivity contribution in [3.63, 3.8) is 0 Å². The van der Waals surface area contributed by atoms with Crippen LogP contribution in [0.25, 0.3) is 11.3 Å². The third kappa shape index (κ3) is 2.56. The summed E-state index contributed by atoms with van der Waals surface area (Å²) in [6.07, 6.45) is 3.20. The van der Waals surface area contributed by atoms with Gasteiger partial charge in [0.1, 0.15) is 5.69 Å². The molecule has 3 aromatic rings. The van der Waals surface area contributed by atoms with Crippen LogP contribution in [0.4, 0.5) is 5.69 Å². The molecule has 20 heavy (non-hydrogen) atoms. The van der Waals surface area contributed by atoms with Gasteiger partial charge in [-0.25, -0.2) is 0 Å². The van der Waals surface area contributed by atoms with Gasteiger partial charge in [0.15, 0.2) is 0 Å². The SMILES string of the molecule is O=C(Nc1cccnc1)c1cc(-c2ccccc2)no1. The van der Waals surface area contributed by atoms with E-state index in [2.05, 4.69) is 15.5 Å². The van der Waals surface area contributed by atoms with Gasteiger partial charge in [-0.1, -0.05) is 35.5 Å². The van der Waals surface area contributed by atoms with Crippen molar-refractivity contribution in [3.05, 3.63) is 66.7 Å². The van der Waals surface area contributed by atoms with Gasteiger partial charge in [-0.3, -0.25) is 9.78 Å². The molecule has 0 saturated heterocycles. The summed E-state index contributed by atoms with van der Waals surface area (Å²) in [6.45, 7) is 0. The Bertz CT molecular complexity index is 708. The molecule has 0 saturated carbocycles. The average molecular weight is 265 g/mol. The Hall–Kier alpha value is -2.95. The normalized spacial score (nSPS) is 10.2. The van der Waals surface area contributed by atoms with E-state index >= 15 is 0 Å². The smallest absolute Gasteiger partial charge is 0.294 e. The number of nitrogens with one attached hydrogen (secondary N) is 1. The lowest BCUT2D eigenvalue weighted by Gasteiger charge is -2.00. The van der Waals surface area contributed by atoms with Crippen LogP contribution in [0.1, 0.15) is 10.6 Å². The van der Waals surface area contributed by atoms with Gasteiger partial charge >= 0.3 is 0 Å². The van der Waals surface area contributed by atoms with Crippen molar-refractivity contribution in [3.8, 4) is 11.3 Å². The van der Waals surface area contributed by atoms with Gasteiger partial charge in [0, 0.05) is 17.8 Å². The van der Waals surface area contributed by atoms with Crippen molar-refractivity contribution in [1.29, 1.82) is 0 Å². The highest BCUT2D eigenvalue weighted by Gasteiger charge is 2.14. The maximum Gasteiger partial charge on any atom is 0.294 e. The number of hydrogen-bond donors (Lipinski definition) is 1. The highest BCUT2D eigenvalue weighted by molar-refractivity contribution is 6.02. The first-order chi connectivity index (χ1) is 9.83. The Morgan fingerprint density at radius 3 is 2.70 bits per heavy atom. The summed E-state index contributed by atoms with van der Waals surface area (Å²) in [4.78, 5) is 15.9. The second kappa shape index (κ2) is 5.36. The number of anilines is 1. The summed E-state index contributed by atoms with van der Waals surface area (Å²) in [6, 6.07) is 14.6. The molecule has 1 N–H and O–H groups in total. The van der Waals surface area contributed by atoms with Crippen LogP contribution in [0.2, 0.25) is 0 Å². The summed E-state index contributed by atoms with van der Waals surface area (Å²) in [5, 5.41) is 6.59. The van der Waals surface area contributed by atoms with E-state index in [0.29, 0.717) is 11.4 Å². The maximum atomic E-state index is 12.0. The fourth-order valence-electron chi connectivity index (χ4n) is 1.76. The minimum Gasteiger partial charge on any atom is -0.350 e. The first kappa shape index (κ1) is 12.1. The van der Waals surface area contributed by atoms with E-state index in [4.69, 9.17) is 4.52 Å². The quantitative estimate of drug-likeness (QED) is 0.790. The number of aromatic nitrogens is 2. The van der Waals surface area contributed by atoms with Crippen molar-refractivity contribution in [2.45, 2.75) is 0 Å². The minimum atomic E-state index is -0.354. The first-order valence-corrected chi connectivity index (χ1v) is 6.06. The first-order valence-electron chi connectivity index (χ1n) is 6.06. The van der Waals surface area contributed by atoms with Gasteiger partial charge in [-0.05, 0) is 12.1 Å². The number of benzene rings is 1.